The first kappa shape index (κ1) is 19.0. The smallest absolute Gasteiger partial charge is 0.215 e. The van der Waals surface area contributed by atoms with Crippen molar-refractivity contribution in [2.75, 3.05) is 45.6 Å². The van der Waals surface area contributed by atoms with E-state index in [0.717, 1.165) is 5.56 Å². The van der Waals surface area contributed by atoms with Crippen molar-refractivity contribution < 1.29 is 13.2 Å². The molecule has 1 heterocycles. The highest BCUT2D eigenvalue weighted by Crippen LogP contribution is 2.09. The van der Waals surface area contributed by atoms with E-state index < -0.39 is 10.0 Å². The highest BCUT2D eigenvalue weighted by atomic mass is 35.5. The summed E-state index contributed by atoms with van der Waals surface area (Å²) in [6.07, 6.45) is 0. The lowest BCUT2D eigenvalue weighted by Crippen LogP contribution is -2.45. The molecule has 0 unspecified atom stereocenters. The molecule has 0 atom stereocenters. The van der Waals surface area contributed by atoms with Gasteiger partial charge in [-0.25, -0.2) is 8.42 Å². The number of ether oxygens (including phenoxy) is 1. The summed E-state index contributed by atoms with van der Waals surface area (Å²) in [5.74, 6) is 0.580. The van der Waals surface area contributed by atoms with Crippen molar-refractivity contribution in [1.82, 2.24) is 14.9 Å². The van der Waals surface area contributed by atoms with Crippen LogP contribution in [0, 0.1) is 0 Å². The van der Waals surface area contributed by atoms with Gasteiger partial charge in [-0.05, 0) is 17.7 Å². The molecule has 0 aromatic heterocycles. The molecule has 134 valence electrons. The molecule has 1 aliphatic rings. The van der Waals surface area contributed by atoms with Gasteiger partial charge in [-0.3, -0.25) is 4.99 Å². The molecule has 1 aromatic carbocycles. The average Bonchev–Trinajstić information content (AvgIpc) is 2.60. The van der Waals surface area contributed by atoms with Crippen LogP contribution in [-0.4, -0.2) is 64.3 Å². The van der Waals surface area contributed by atoms with E-state index in [4.69, 9.17) is 16.3 Å². The van der Waals surface area contributed by atoms with Crippen molar-refractivity contribution in [3.8, 4) is 0 Å². The van der Waals surface area contributed by atoms with Gasteiger partial charge in [0.15, 0.2) is 5.96 Å². The maximum absolute atomic E-state index is 12.2. The summed E-state index contributed by atoms with van der Waals surface area (Å²) in [6.45, 7) is 2.62. The quantitative estimate of drug-likeness (QED) is 0.564. The molecule has 0 radical (unpaired) electrons. The van der Waals surface area contributed by atoms with Gasteiger partial charge in [-0.2, -0.15) is 4.31 Å². The zero-order valence-corrected chi connectivity index (χ0v) is 15.2. The summed E-state index contributed by atoms with van der Waals surface area (Å²) in [7, 11) is -1.62. The molecule has 24 heavy (non-hydrogen) atoms. The zero-order valence-electron chi connectivity index (χ0n) is 13.7. The van der Waals surface area contributed by atoms with Crippen LogP contribution in [0.25, 0.3) is 0 Å². The normalized spacial score (nSPS) is 16.8. The maximum atomic E-state index is 12.2. The Labute approximate surface area is 148 Å². The summed E-state index contributed by atoms with van der Waals surface area (Å²) in [5.41, 5.74) is 1.06. The molecule has 0 amide bonds. The van der Waals surface area contributed by atoms with Gasteiger partial charge in [0.05, 0.1) is 19.0 Å². The highest BCUT2D eigenvalue weighted by Gasteiger charge is 2.23. The highest BCUT2D eigenvalue weighted by molar-refractivity contribution is 7.89. The number of rotatable bonds is 6. The van der Waals surface area contributed by atoms with Crippen molar-refractivity contribution in [3.63, 3.8) is 0 Å². The number of nitrogens with one attached hydrogen (secondary N) is 2. The molecule has 1 saturated heterocycles. The fraction of sp³-hybridized carbons (Fsp3) is 0.533. The number of guanidine groups is 1. The minimum absolute atomic E-state index is 0.0225. The minimum atomic E-state index is -3.27. The van der Waals surface area contributed by atoms with Crippen molar-refractivity contribution in [3.05, 3.63) is 34.9 Å². The fourth-order valence-corrected chi connectivity index (χ4v) is 3.71. The monoisotopic (exact) mass is 374 g/mol. The molecule has 1 fully saturated rings. The maximum Gasteiger partial charge on any atom is 0.215 e. The summed E-state index contributed by atoms with van der Waals surface area (Å²) < 4.78 is 31.1. The van der Waals surface area contributed by atoms with Crippen LogP contribution < -0.4 is 10.6 Å². The van der Waals surface area contributed by atoms with E-state index in [0.29, 0.717) is 50.4 Å². The van der Waals surface area contributed by atoms with Gasteiger partial charge >= 0.3 is 0 Å². The van der Waals surface area contributed by atoms with E-state index in [-0.39, 0.29) is 5.75 Å². The Kier molecular flexibility index (Phi) is 7.29. The average molecular weight is 375 g/mol. The topological polar surface area (TPSA) is 83.0 Å². The molecule has 1 aromatic rings. The summed E-state index contributed by atoms with van der Waals surface area (Å²) in [6, 6.07) is 7.49. The van der Waals surface area contributed by atoms with Crippen LogP contribution >= 0.6 is 11.6 Å². The molecular formula is C15H23ClN4O3S. The lowest BCUT2D eigenvalue weighted by molar-refractivity contribution is 0.0730. The second-order valence-corrected chi connectivity index (χ2v) is 7.83. The van der Waals surface area contributed by atoms with E-state index >= 15 is 0 Å². The molecule has 0 aliphatic carbocycles. The SMILES string of the molecule is CN=C(NCCS(=O)(=O)N1CCOCC1)NCc1ccc(Cl)cc1. The van der Waals surface area contributed by atoms with Crippen LogP contribution in [0.3, 0.4) is 0 Å². The number of halogens is 1. The van der Waals surface area contributed by atoms with Gasteiger partial charge in [-0.1, -0.05) is 23.7 Å². The first-order valence-electron chi connectivity index (χ1n) is 7.76. The Morgan fingerprint density at radius 1 is 1.25 bits per heavy atom. The molecule has 0 bridgehead atoms. The Balaban J connectivity index is 1.75. The van der Waals surface area contributed by atoms with E-state index in [1.807, 2.05) is 24.3 Å². The first-order chi connectivity index (χ1) is 11.5. The Bertz CT molecular complexity index is 643. The van der Waals surface area contributed by atoms with Crippen molar-refractivity contribution in [2.24, 2.45) is 4.99 Å². The third-order valence-corrected chi connectivity index (χ3v) is 5.74. The van der Waals surface area contributed by atoms with Crippen LogP contribution in [0.1, 0.15) is 5.56 Å². The standard InChI is InChI=1S/C15H23ClN4O3S/c1-17-15(19-12-13-2-4-14(16)5-3-13)18-6-11-24(21,22)20-7-9-23-10-8-20/h2-5H,6-12H2,1H3,(H2,17,18,19). The summed E-state index contributed by atoms with van der Waals surface area (Å²) in [5, 5.41) is 6.85. The molecule has 1 aliphatic heterocycles. The molecule has 0 saturated carbocycles. The largest absolute Gasteiger partial charge is 0.379 e. The second-order valence-electron chi connectivity index (χ2n) is 5.31. The van der Waals surface area contributed by atoms with Crippen LogP contribution in [0.4, 0.5) is 0 Å². The number of sulfonamides is 1. The van der Waals surface area contributed by atoms with E-state index in [1.165, 1.54) is 4.31 Å². The molecule has 2 N–H and O–H groups in total. The van der Waals surface area contributed by atoms with E-state index in [9.17, 15) is 8.42 Å². The molecule has 7 nitrogen and oxygen atoms in total. The summed E-state index contributed by atoms with van der Waals surface area (Å²) in [4.78, 5) is 4.09. The number of aliphatic imine (C=N–C) groups is 1. The molecule has 9 heteroatoms. The van der Waals surface area contributed by atoms with Gasteiger partial charge in [0, 0.05) is 38.2 Å². The number of morpholine rings is 1. The van der Waals surface area contributed by atoms with Crippen LogP contribution in [-0.2, 0) is 21.3 Å². The number of benzene rings is 1. The zero-order chi connectivity index (χ0) is 17.4. The van der Waals surface area contributed by atoms with Crippen molar-refractivity contribution >= 4 is 27.6 Å². The predicted octanol–water partition coefficient (Wildman–Crippen LogP) is 0.667. The van der Waals surface area contributed by atoms with Crippen LogP contribution in [0.15, 0.2) is 29.3 Å². The molecule has 0 spiro atoms. The second kappa shape index (κ2) is 9.22. The Morgan fingerprint density at radius 2 is 1.92 bits per heavy atom. The van der Waals surface area contributed by atoms with Gasteiger partial charge in [0.25, 0.3) is 0 Å². The fourth-order valence-electron chi connectivity index (χ4n) is 2.26. The lowest BCUT2D eigenvalue weighted by atomic mass is 10.2. The third-order valence-electron chi connectivity index (χ3n) is 3.61. The van der Waals surface area contributed by atoms with Crippen LogP contribution in [0.5, 0.6) is 0 Å². The molecular weight excluding hydrogens is 352 g/mol. The predicted molar refractivity (Wildman–Crippen MR) is 95.8 cm³/mol. The number of nitrogens with zero attached hydrogens (tertiary/aromatic N) is 2. The Morgan fingerprint density at radius 3 is 2.54 bits per heavy atom. The lowest BCUT2D eigenvalue weighted by Gasteiger charge is -2.26. The minimum Gasteiger partial charge on any atom is -0.379 e. The van der Waals surface area contributed by atoms with E-state index in [1.54, 1.807) is 7.05 Å². The third kappa shape index (κ3) is 5.94. The molecule has 2 rings (SSSR count). The van der Waals surface area contributed by atoms with Gasteiger partial charge in [-0.15, -0.1) is 0 Å². The number of hydrogen-bond acceptors (Lipinski definition) is 4. The van der Waals surface area contributed by atoms with Gasteiger partial charge in [0.2, 0.25) is 10.0 Å². The van der Waals surface area contributed by atoms with Crippen LogP contribution in [0.2, 0.25) is 5.02 Å². The Hall–Kier alpha value is -1.35. The van der Waals surface area contributed by atoms with Crippen molar-refractivity contribution in [2.45, 2.75) is 6.54 Å². The number of hydrogen-bond donors (Lipinski definition) is 2. The van der Waals surface area contributed by atoms with Gasteiger partial charge < -0.3 is 15.4 Å². The van der Waals surface area contributed by atoms with Gasteiger partial charge in [0.1, 0.15) is 0 Å². The van der Waals surface area contributed by atoms with Crippen molar-refractivity contribution in [1.29, 1.82) is 0 Å². The van der Waals surface area contributed by atoms with E-state index in [2.05, 4.69) is 15.6 Å². The first-order valence-corrected chi connectivity index (χ1v) is 9.74. The summed E-state index contributed by atoms with van der Waals surface area (Å²) >= 11 is 5.85.